The molecule has 3 rings (SSSR count). The zero-order valence-electron chi connectivity index (χ0n) is 14.4. The van der Waals surface area contributed by atoms with Crippen LogP contribution in [0.1, 0.15) is 38.2 Å². The highest BCUT2D eigenvalue weighted by molar-refractivity contribution is 6.10. The number of nitrogens with one attached hydrogen (secondary N) is 1. The highest BCUT2D eigenvalue weighted by Gasteiger charge is 2.26. The minimum Gasteiger partial charge on any atom is -0.351 e. The maximum Gasteiger partial charge on any atom is 0.224 e. The van der Waals surface area contributed by atoms with E-state index >= 15 is 0 Å². The number of nitrogens with zero attached hydrogens (tertiary/aromatic N) is 2. The molecule has 0 saturated heterocycles. The number of carbonyl (C=O) groups excluding carboxylic acids is 2. The zero-order chi connectivity index (χ0) is 17.6. The van der Waals surface area contributed by atoms with Crippen molar-refractivity contribution < 1.29 is 9.59 Å². The van der Waals surface area contributed by atoms with Gasteiger partial charge in [-0.1, -0.05) is 37.3 Å². The molecule has 0 bridgehead atoms. The molecule has 1 aromatic carbocycles. The predicted octanol–water partition coefficient (Wildman–Crippen LogP) is 2.98. The van der Waals surface area contributed by atoms with E-state index in [2.05, 4.69) is 10.3 Å². The van der Waals surface area contributed by atoms with Crippen LogP contribution in [-0.4, -0.2) is 27.3 Å². The minimum absolute atomic E-state index is 0.0268. The number of hydrogen-bond donors (Lipinski definition) is 1. The SMILES string of the molecule is CCC(Cn1ccnc1)NC(=O)CC1=C(c2ccccc2)CCC1=O. The molecule has 0 radical (unpaired) electrons. The predicted molar refractivity (Wildman–Crippen MR) is 96.7 cm³/mol. The third kappa shape index (κ3) is 4.24. The molecule has 0 saturated carbocycles. The van der Waals surface area contributed by atoms with Gasteiger partial charge in [0.2, 0.25) is 5.91 Å². The molecule has 1 unspecified atom stereocenters. The van der Waals surface area contributed by atoms with Crippen LogP contribution in [0.2, 0.25) is 0 Å². The van der Waals surface area contributed by atoms with Gasteiger partial charge in [-0.3, -0.25) is 9.59 Å². The lowest BCUT2D eigenvalue weighted by Crippen LogP contribution is -2.37. The van der Waals surface area contributed by atoms with Gasteiger partial charge in [0.25, 0.3) is 0 Å². The van der Waals surface area contributed by atoms with E-state index in [9.17, 15) is 9.59 Å². The molecule has 0 fully saturated rings. The van der Waals surface area contributed by atoms with E-state index in [0.29, 0.717) is 18.5 Å². The first-order valence-corrected chi connectivity index (χ1v) is 8.73. The fourth-order valence-electron chi connectivity index (χ4n) is 3.24. The first-order valence-electron chi connectivity index (χ1n) is 8.73. The number of benzene rings is 1. The van der Waals surface area contributed by atoms with Gasteiger partial charge in [0.05, 0.1) is 12.7 Å². The molecule has 1 aromatic heterocycles. The quantitative estimate of drug-likeness (QED) is 0.845. The second-order valence-corrected chi connectivity index (χ2v) is 6.36. The number of ketones is 1. The summed E-state index contributed by atoms with van der Waals surface area (Å²) >= 11 is 0. The molecule has 25 heavy (non-hydrogen) atoms. The third-order valence-corrected chi connectivity index (χ3v) is 4.61. The van der Waals surface area contributed by atoms with Crippen molar-refractivity contribution in [3.8, 4) is 0 Å². The monoisotopic (exact) mass is 337 g/mol. The zero-order valence-corrected chi connectivity index (χ0v) is 14.4. The number of carbonyl (C=O) groups is 2. The van der Waals surface area contributed by atoms with Gasteiger partial charge < -0.3 is 9.88 Å². The van der Waals surface area contributed by atoms with E-state index in [1.807, 2.05) is 48.0 Å². The maximum atomic E-state index is 12.5. The van der Waals surface area contributed by atoms with Crippen molar-refractivity contribution in [1.29, 1.82) is 0 Å². The Balaban J connectivity index is 1.69. The smallest absolute Gasteiger partial charge is 0.224 e. The van der Waals surface area contributed by atoms with Crippen LogP contribution in [0, 0.1) is 0 Å². The summed E-state index contributed by atoms with van der Waals surface area (Å²) in [5, 5.41) is 3.05. The molecule has 2 aromatic rings. The summed E-state index contributed by atoms with van der Waals surface area (Å²) in [6.07, 6.45) is 7.54. The number of rotatable bonds is 7. The molecule has 1 heterocycles. The number of hydrogen-bond acceptors (Lipinski definition) is 3. The molecule has 1 amide bonds. The van der Waals surface area contributed by atoms with E-state index in [4.69, 9.17) is 0 Å². The van der Waals surface area contributed by atoms with Crippen molar-refractivity contribution in [2.24, 2.45) is 0 Å². The van der Waals surface area contributed by atoms with Gasteiger partial charge in [0.1, 0.15) is 0 Å². The Morgan fingerprint density at radius 3 is 2.76 bits per heavy atom. The summed E-state index contributed by atoms with van der Waals surface area (Å²) in [6.45, 7) is 2.72. The second-order valence-electron chi connectivity index (χ2n) is 6.36. The number of Topliss-reactive ketones (excluding diaryl/α,β-unsaturated/α-hetero) is 1. The standard InChI is InChI=1S/C20H23N3O2/c1-2-16(13-23-11-10-21-14-23)22-20(25)12-18-17(8-9-19(18)24)15-6-4-3-5-7-15/h3-7,10-11,14,16H,2,8-9,12-13H2,1H3,(H,22,25). The summed E-state index contributed by atoms with van der Waals surface area (Å²) < 4.78 is 1.95. The summed E-state index contributed by atoms with van der Waals surface area (Å²) in [6, 6.07) is 9.90. The number of aromatic nitrogens is 2. The highest BCUT2D eigenvalue weighted by atomic mass is 16.2. The Hall–Kier alpha value is -2.69. The molecule has 1 aliphatic rings. The molecular weight excluding hydrogens is 314 g/mol. The number of allylic oxidation sites excluding steroid dienone is 1. The van der Waals surface area contributed by atoms with E-state index in [1.165, 1.54) is 0 Å². The van der Waals surface area contributed by atoms with E-state index < -0.39 is 0 Å². The molecule has 1 aliphatic carbocycles. The topological polar surface area (TPSA) is 64.0 Å². The van der Waals surface area contributed by atoms with Crippen LogP contribution < -0.4 is 5.32 Å². The summed E-state index contributed by atoms with van der Waals surface area (Å²) in [7, 11) is 0. The van der Waals surface area contributed by atoms with E-state index in [-0.39, 0.29) is 24.2 Å². The fourth-order valence-corrected chi connectivity index (χ4v) is 3.24. The van der Waals surface area contributed by atoms with Crippen LogP contribution in [0.4, 0.5) is 0 Å². The van der Waals surface area contributed by atoms with Gasteiger partial charge in [-0.15, -0.1) is 0 Å². The van der Waals surface area contributed by atoms with Crippen LogP contribution in [0.3, 0.4) is 0 Å². The van der Waals surface area contributed by atoms with Crippen molar-refractivity contribution >= 4 is 17.3 Å². The molecule has 1 N–H and O–H groups in total. The maximum absolute atomic E-state index is 12.5. The van der Waals surface area contributed by atoms with Crippen LogP contribution in [0.25, 0.3) is 5.57 Å². The second kappa shape index (κ2) is 7.92. The summed E-state index contributed by atoms with van der Waals surface area (Å²) in [5.74, 6) is 0.00214. The van der Waals surface area contributed by atoms with Crippen molar-refractivity contribution in [1.82, 2.24) is 14.9 Å². The van der Waals surface area contributed by atoms with Gasteiger partial charge in [0.15, 0.2) is 5.78 Å². The van der Waals surface area contributed by atoms with Crippen LogP contribution >= 0.6 is 0 Å². The first-order chi connectivity index (χ1) is 12.2. The Kier molecular flexibility index (Phi) is 5.43. The first kappa shape index (κ1) is 17.1. The number of imidazole rings is 1. The van der Waals surface area contributed by atoms with Gasteiger partial charge in [0, 0.05) is 37.0 Å². The van der Waals surface area contributed by atoms with Gasteiger partial charge in [-0.2, -0.15) is 0 Å². The Morgan fingerprint density at radius 2 is 2.08 bits per heavy atom. The lowest BCUT2D eigenvalue weighted by atomic mass is 10.00. The largest absolute Gasteiger partial charge is 0.351 e. The Morgan fingerprint density at radius 1 is 1.28 bits per heavy atom. The summed E-state index contributed by atoms with van der Waals surface area (Å²) in [4.78, 5) is 28.8. The van der Waals surface area contributed by atoms with Crippen molar-refractivity contribution in [2.45, 2.75) is 45.2 Å². The van der Waals surface area contributed by atoms with E-state index in [0.717, 1.165) is 24.0 Å². The molecule has 130 valence electrons. The van der Waals surface area contributed by atoms with Crippen LogP contribution in [0.15, 0.2) is 54.6 Å². The van der Waals surface area contributed by atoms with Gasteiger partial charge in [-0.05, 0) is 24.0 Å². The summed E-state index contributed by atoms with van der Waals surface area (Å²) in [5.41, 5.74) is 2.73. The minimum atomic E-state index is -0.0920. The average Bonchev–Trinajstić information content (AvgIpc) is 3.26. The lowest BCUT2D eigenvalue weighted by molar-refractivity contribution is -0.123. The van der Waals surface area contributed by atoms with Gasteiger partial charge >= 0.3 is 0 Å². The highest BCUT2D eigenvalue weighted by Crippen LogP contribution is 2.33. The van der Waals surface area contributed by atoms with Crippen molar-refractivity contribution in [2.75, 3.05) is 0 Å². The molecule has 0 aliphatic heterocycles. The van der Waals surface area contributed by atoms with Crippen molar-refractivity contribution in [3.63, 3.8) is 0 Å². The molecule has 1 atom stereocenters. The van der Waals surface area contributed by atoms with Crippen LogP contribution in [0.5, 0.6) is 0 Å². The Labute approximate surface area is 147 Å². The van der Waals surface area contributed by atoms with Gasteiger partial charge in [-0.25, -0.2) is 4.98 Å². The van der Waals surface area contributed by atoms with Crippen LogP contribution in [-0.2, 0) is 16.1 Å². The molecule has 5 heteroatoms. The fraction of sp³-hybridized carbons (Fsp3) is 0.350. The normalized spacial score (nSPS) is 15.5. The van der Waals surface area contributed by atoms with E-state index in [1.54, 1.807) is 12.5 Å². The number of amides is 1. The molecule has 0 spiro atoms. The average molecular weight is 337 g/mol. The molecular formula is C20H23N3O2. The lowest BCUT2D eigenvalue weighted by Gasteiger charge is -2.18. The third-order valence-electron chi connectivity index (χ3n) is 4.61. The molecule has 5 nitrogen and oxygen atoms in total. The Bertz CT molecular complexity index is 764. The van der Waals surface area contributed by atoms with Crippen molar-refractivity contribution in [3.05, 3.63) is 60.2 Å².